The highest BCUT2D eigenvalue weighted by Crippen LogP contribution is 2.22. The molecule has 0 radical (unpaired) electrons. The van der Waals surface area contributed by atoms with Gasteiger partial charge in [0, 0.05) is 0 Å². The lowest BCUT2D eigenvalue weighted by atomic mass is 9.97. The molecule has 0 spiro atoms. The molecule has 2 amide bonds. The first kappa shape index (κ1) is 19.5. The molecule has 1 aromatic carbocycles. The predicted molar refractivity (Wildman–Crippen MR) is 95.2 cm³/mol. The van der Waals surface area contributed by atoms with Gasteiger partial charge in [-0.25, -0.2) is 9.59 Å². The van der Waals surface area contributed by atoms with Gasteiger partial charge < -0.3 is 20.1 Å². The minimum atomic E-state index is -0.548. The SMILES string of the molecule is CCOC(=O)C1=C(COC(=O)C(CC)c2ccccc2)NC(=O)NC1C. The Hall–Kier alpha value is -2.83. The van der Waals surface area contributed by atoms with Crippen LogP contribution in [-0.4, -0.2) is 37.2 Å². The molecule has 7 nitrogen and oxygen atoms in total. The van der Waals surface area contributed by atoms with Gasteiger partial charge in [-0.05, 0) is 25.8 Å². The van der Waals surface area contributed by atoms with Gasteiger partial charge in [-0.1, -0.05) is 37.3 Å². The molecule has 2 atom stereocenters. The van der Waals surface area contributed by atoms with Crippen molar-refractivity contribution >= 4 is 18.0 Å². The van der Waals surface area contributed by atoms with Crippen LogP contribution in [0.25, 0.3) is 0 Å². The highest BCUT2D eigenvalue weighted by atomic mass is 16.5. The average molecular weight is 360 g/mol. The minimum absolute atomic E-state index is 0.200. The fraction of sp³-hybridized carbons (Fsp3) is 0.421. The van der Waals surface area contributed by atoms with Crippen molar-refractivity contribution in [2.75, 3.05) is 13.2 Å². The molecule has 2 N–H and O–H groups in total. The minimum Gasteiger partial charge on any atom is -0.463 e. The van der Waals surface area contributed by atoms with Crippen LogP contribution in [-0.2, 0) is 19.1 Å². The molecule has 0 aliphatic carbocycles. The topological polar surface area (TPSA) is 93.7 Å². The number of ether oxygens (including phenoxy) is 2. The Morgan fingerprint density at radius 3 is 2.46 bits per heavy atom. The van der Waals surface area contributed by atoms with Crippen LogP contribution in [0.2, 0.25) is 0 Å². The molecule has 0 saturated heterocycles. The van der Waals surface area contributed by atoms with Crippen molar-refractivity contribution in [1.82, 2.24) is 10.6 Å². The van der Waals surface area contributed by atoms with E-state index in [1.165, 1.54) is 0 Å². The molecular weight excluding hydrogens is 336 g/mol. The Labute approximate surface area is 152 Å². The van der Waals surface area contributed by atoms with E-state index < -0.39 is 29.9 Å². The van der Waals surface area contributed by atoms with Crippen molar-refractivity contribution in [2.45, 2.75) is 39.2 Å². The number of benzene rings is 1. The Bertz CT molecular complexity index is 699. The summed E-state index contributed by atoms with van der Waals surface area (Å²) in [5.74, 6) is -1.36. The number of hydrogen-bond acceptors (Lipinski definition) is 5. The van der Waals surface area contributed by atoms with Gasteiger partial charge in [0.05, 0.1) is 29.8 Å². The molecule has 0 aromatic heterocycles. The molecule has 1 aliphatic heterocycles. The molecular formula is C19H24N2O5. The van der Waals surface area contributed by atoms with E-state index in [4.69, 9.17) is 9.47 Å². The number of nitrogens with one attached hydrogen (secondary N) is 2. The largest absolute Gasteiger partial charge is 0.463 e. The van der Waals surface area contributed by atoms with E-state index in [2.05, 4.69) is 10.6 Å². The van der Waals surface area contributed by atoms with Crippen LogP contribution in [0.15, 0.2) is 41.6 Å². The lowest BCUT2D eigenvalue weighted by Gasteiger charge is -2.26. The van der Waals surface area contributed by atoms with E-state index in [9.17, 15) is 14.4 Å². The van der Waals surface area contributed by atoms with Crippen LogP contribution in [0, 0.1) is 0 Å². The number of rotatable bonds is 7. The first-order valence-electron chi connectivity index (χ1n) is 8.67. The van der Waals surface area contributed by atoms with Crippen molar-refractivity contribution in [3.63, 3.8) is 0 Å². The van der Waals surface area contributed by atoms with Crippen molar-refractivity contribution in [2.24, 2.45) is 0 Å². The average Bonchev–Trinajstić information content (AvgIpc) is 2.61. The van der Waals surface area contributed by atoms with Gasteiger partial charge in [0.15, 0.2) is 0 Å². The molecule has 1 aromatic rings. The molecule has 0 fully saturated rings. The summed E-state index contributed by atoms with van der Waals surface area (Å²) in [5.41, 5.74) is 1.37. The predicted octanol–water partition coefficient (Wildman–Crippen LogP) is 2.24. The first-order valence-corrected chi connectivity index (χ1v) is 8.67. The van der Waals surface area contributed by atoms with Crippen molar-refractivity contribution in [3.8, 4) is 0 Å². The first-order chi connectivity index (χ1) is 12.5. The van der Waals surface area contributed by atoms with Gasteiger partial charge in [-0.3, -0.25) is 4.79 Å². The van der Waals surface area contributed by atoms with Crippen molar-refractivity contribution in [1.29, 1.82) is 0 Å². The molecule has 1 heterocycles. The maximum absolute atomic E-state index is 12.5. The quantitative estimate of drug-likeness (QED) is 0.728. The molecule has 2 unspecified atom stereocenters. The van der Waals surface area contributed by atoms with Gasteiger partial charge in [0.1, 0.15) is 6.61 Å². The van der Waals surface area contributed by atoms with Gasteiger partial charge >= 0.3 is 18.0 Å². The van der Waals surface area contributed by atoms with Gasteiger partial charge in [0.25, 0.3) is 0 Å². The number of carbonyl (C=O) groups excluding carboxylic acids is 3. The summed E-state index contributed by atoms with van der Waals surface area (Å²) < 4.78 is 10.4. The zero-order valence-corrected chi connectivity index (χ0v) is 15.2. The monoisotopic (exact) mass is 360 g/mol. The summed E-state index contributed by atoms with van der Waals surface area (Å²) in [6, 6.07) is 8.35. The highest BCUT2D eigenvalue weighted by Gasteiger charge is 2.31. The standard InChI is InChI=1S/C19H24N2O5/c1-4-14(13-9-7-6-8-10-13)17(22)26-11-15-16(18(23)25-5-2)12(3)20-19(24)21-15/h6-10,12,14H,4-5,11H2,1-3H3,(H2,20,21,24). The van der Waals surface area contributed by atoms with Crippen molar-refractivity contribution in [3.05, 3.63) is 47.2 Å². The maximum atomic E-state index is 12.5. The summed E-state index contributed by atoms with van der Waals surface area (Å²) >= 11 is 0. The Kier molecular flexibility index (Phi) is 6.77. The Morgan fingerprint density at radius 1 is 1.15 bits per heavy atom. The summed E-state index contributed by atoms with van der Waals surface area (Å²) in [6.45, 7) is 5.28. The van der Waals surface area contributed by atoms with E-state index in [1.54, 1.807) is 13.8 Å². The van der Waals surface area contributed by atoms with Crippen LogP contribution in [0.1, 0.15) is 38.7 Å². The molecule has 2 rings (SSSR count). The van der Waals surface area contributed by atoms with Gasteiger partial charge in [-0.15, -0.1) is 0 Å². The highest BCUT2D eigenvalue weighted by molar-refractivity contribution is 5.94. The molecule has 0 saturated carbocycles. The number of esters is 2. The van der Waals surface area contributed by atoms with E-state index >= 15 is 0 Å². The Balaban J connectivity index is 2.15. The van der Waals surface area contributed by atoms with Crippen LogP contribution in [0.3, 0.4) is 0 Å². The van der Waals surface area contributed by atoms with Gasteiger partial charge in [0.2, 0.25) is 0 Å². The zero-order chi connectivity index (χ0) is 19.1. The summed E-state index contributed by atoms with van der Waals surface area (Å²) in [7, 11) is 0. The van der Waals surface area contributed by atoms with Crippen LogP contribution < -0.4 is 10.6 Å². The third kappa shape index (κ3) is 4.62. The lowest BCUT2D eigenvalue weighted by Crippen LogP contribution is -2.50. The zero-order valence-electron chi connectivity index (χ0n) is 15.2. The Morgan fingerprint density at radius 2 is 1.85 bits per heavy atom. The maximum Gasteiger partial charge on any atom is 0.338 e. The summed E-state index contributed by atoms with van der Waals surface area (Å²) in [4.78, 5) is 36.4. The normalized spacial score (nSPS) is 17.8. The fourth-order valence-corrected chi connectivity index (χ4v) is 2.86. The summed E-state index contributed by atoms with van der Waals surface area (Å²) in [5, 5.41) is 5.14. The van der Waals surface area contributed by atoms with E-state index in [1.807, 2.05) is 37.3 Å². The smallest absolute Gasteiger partial charge is 0.338 e. The second-order valence-electron chi connectivity index (χ2n) is 5.91. The number of hydrogen-bond donors (Lipinski definition) is 2. The molecule has 1 aliphatic rings. The van der Waals surface area contributed by atoms with Crippen molar-refractivity contribution < 1.29 is 23.9 Å². The number of carbonyl (C=O) groups is 3. The van der Waals surface area contributed by atoms with Crippen LogP contribution >= 0.6 is 0 Å². The van der Waals surface area contributed by atoms with E-state index in [-0.39, 0.29) is 24.5 Å². The van der Waals surface area contributed by atoms with E-state index in [0.29, 0.717) is 6.42 Å². The number of amides is 2. The second-order valence-corrected chi connectivity index (χ2v) is 5.91. The molecule has 0 bridgehead atoms. The van der Waals surface area contributed by atoms with Crippen LogP contribution in [0.5, 0.6) is 0 Å². The fourth-order valence-electron chi connectivity index (χ4n) is 2.86. The van der Waals surface area contributed by atoms with Gasteiger partial charge in [-0.2, -0.15) is 0 Å². The van der Waals surface area contributed by atoms with E-state index in [0.717, 1.165) is 5.56 Å². The second kappa shape index (κ2) is 9.03. The number of urea groups is 1. The molecule has 140 valence electrons. The lowest BCUT2D eigenvalue weighted by molar-refractivity contribution is -0.145. The molecule has 7 heteroatoms. The third-order valence-electron chi connectivity index (χ3n) is 4.12. The van der Waals surface area contributed by atoms with Crippen LogP contribution in [0.4, 0.5) is 4.79 Å². The third-order valence-corrected chi connectivity index (χ3v) is 4.12. The summed E-state index contributed by atoms with van der Waals surface area (Å²) in [6.07, 6.45) is 0.580. The molecule has 26 heavy (non-hydrogen) atoms.